The van der Waals surface area contributed by atoms with Crippen molar-refractivity contribution in [1.82, 2.24) is 4.98 Å². The Morgan fingerprint density at radius 3 is 1.05 bits per heavy atom. The molecule has 0 radical (unpaired) electrons. The third kappa shape index (κ3) is 7.90. The Morgan fingerprint density at radius 1 is 0.453 bits per heavy atom. The van der Waals surface area contributed by atoms with Crippen LogP contribution in [0.1, 0.15) is 146 Å². The molecule has 13 rings (SSSR count). The second-order valence-corrected chi connectivity index (χ2v) is 23.7. The van der Waals surface area contributed by atoms with Crippen molar-refractivity contribution < 1.29 is 36.4 Å². The summed E-state index contributed by atoms with van der Waals surface area (Å²) in [7, 11) is 0. The van der Waals surface area contributed by atoms with Crippen LogP contribution in [-0.4, -0.2) is 15.2 Å². The molecule has 0 saturated heterocycles. The van der Waals surface area contributed by atoms with Crippen LogP contribution in [0, 0.1) is 57.3 Å². The first-order valence-corrected chi connectivity index (χ1v) is 24.0. The van der Waals surface area contributed by atoms with Crippen LogP contribution in [-0.2, 0) is 47.9 Å². The van der Waals surface area contributed by atoms with Gasteiger partial charge in [0, 0.05) is 59.6 Å². The number of pyridine rings is 1. The number of aromatic hydroxyl groups is 2. The molecule has 8 saturated carbocycles. The van der Waals surface area contributed by atoms with Gasteiger partial charge in [-0.05, 0) is 193 Å². The van der Waals surface area contributed by atoms with E-state index in [1.54, 1.807) is 0 Å². The molecule has 64 heavy (non-hydrogen) atoms. The summed E-state index contributed by atoms with van der Waals surface area (Å²) in [6.07, 6.45) is 15.5. The first-order chi connectivity index (χ1) is 29.0. The van der Waals surface area contributed by atoms with E-state index < -0.39 is 0 Å². The van der Waals surface area contributed by atoms with Crippen molar-refractivity contribution in [2.24, 2.45) is 35.5 Å². The Balaban J connectivity index is 0.00000187. The van der Waals surface area contributed by atoms with Gasteiger partial charge in [0.1, 0.15) is 11.5 Å². The van der Waals surface area contributed by atoms with E-state index in [1.807, 2.05) is 0 Å². The van der Waals surface area contributed by atoms with Gasteiger partial charge < -0.3 is 25.1 Å². The van der Waals surface area contributed by atoms with Gasteiger partial charge in [-0.25, -0.2) is 4.98 Å². The SMILES string of the molecule is Cc1cc(-c2ccccc2-c2cc(C(C)(C)C)cc(C34CC5CC(CC(C5)C3)C4)c2O)nc(-c2ccccc2-c2cc(C(C)(C)C)cc(C34CC5CC(CC(C5)C3)C4)c2O)c1.[CH3-].[CH3-].[Zr]. The Bertz CT molecular complexity index is 2320. The summed E-state index contributed by atoms with van der Waals surface area (Å²) >= 11 is 0. The minimum atomic E-state index is -0.0711. The molecule has 0 aliphatic heterocycles. The number of benzene rings is 4. The third-order valence-corrected chi connectivity index (χ3v) is 17.1. The standard InChI is InChI=1S/C58H67NO2.2CH3.Zr/c1-34-16-51(45-14-10-8-12-43(45)47-24-41(55(2,3)4)26-49(53(47)60)57-28-35-18-36(29-57)20-37(19-35)30-57)59-52(17-34)46-15-11-9-13-44(46)48-25-42(56(5,6)7)27-50(54(48)61)58-31-38-21-39(32-58)23-40(22-38)33-58;;;/h8-17,24-27,35-40,60-61H,18-23,28-33H2,1-7H3;2*1H3;/q;2*-1;. The fraction of sp³-hybridized carbons (Fsp3) is 0.483. The van der Waals surface area contributed by atoms with Gasteiger partial charge in [-0.1, -0.05) is 102 Å². The molecule has 8 bridgehead atoms. The predicted octanol–water partition coefficient (Wildman–Crippen LogP) is 15.9. The normalized spacial score (nSPS) is 28.6. The number of nitrogens with zero attached hydrogens (tertiary/aromatic N) is 1. The molecule has 336 valence electrons. The van der Waals surface area contributed by atoms with E-state index in [1.165, 1.54) is 99.3 Å². The average molecular weight is 931 g/mol. The topological polar surface area (TPSA) is 53.4 Å². The van der Waals surface area contributed by atoms with Crippen molar-refractivity contribution in [1.29, 1.82) is 0 Å². The Hall–Kier alpha value is -3.49. The second-order valence-electron chi connectivity index (χ2n) is 23.7. The van der Waals surface area contributed by atoms with Crippen molar-refractivity contribution in [3.63, 3.8) is 0 Å². The van der Waals surface area contributed by atoms with Crippen molar-refractivity contribution in [3.8, 4) is 56.3 Å². The monoisotopic (exact) mass is 929 g/mol. The Kier molecular flexibility index (Phi) is 12.3. The minimum Gasteiger partial charge on any atom is -0.507 e. The maximum Gasteiger partial charge on any atom is 0.127 e. The number of phenols is 2. The summed E-state index contributed by atoms with van der Waals surface area (Å²) in [6, 6.07) is 31.0. The third-order valence-electron chi connectivity index (χ3n) is 17.1. The molecule has 8 aliphatic rings. The zero-order valence-electron chi connectivity index (χ0n) is 40.4. The summed E-state index contributed by atoms with van der Waals surface area (Å²) in [5.41, 5.74) is 13.9. The first kappa shape index (κ1) is 47.0. The van der Waals surface area contributed by atoms with Crippen molar-refractivity contribution >= 4 is 0 Å². The van der Waals surface area contributed by atoms with E-state index in [4.69, 9.17) is 4.98 Å². The molecule has 0 amide bonds. The molecule has 4 heteroatoms. The smallest absolute Gasteiger partial charge is 0.127 e. The fourth-order valence-corrected chi connectivity index (χ4v) is 15.1. The van der Waals surface area contributed by atoms with Crippen LogP contribution in [0.3, 0.4) is 0 Å². The fourth-order valence-electron chi connectivity index (χ4n) is 15.1. The van der Waals surface area contributed by atoms with E-state index in [9.17, 15) is 10.2 Å². The summed E-state index contributed by atoms with van der Waals surface area (Å²) < 4.78 is 0. The van der Waals surface area contributed by atoms with Crippen LogP contribution >= 0.6 is 0 Å². The first-order valence-electron chi connectivity index (χ1n) is 24.0. The van der Waals surface area contributed by atoms with E-state index >= 15 is 0 Å². The summed E-state index contributed by atoms with van der Waals surface area (Å²) in [6.45, 7) is 16.0. The van der Waals surface area contributed by atoms with Gasteiger partial charge in [-0.2, -0.15) is 0 Å². The van der Waals surface area contributed by atoms with Crippen LogP contribution in [0.4, 0.5) is 0 Å². The molecule has 2 N–H and O–H groups in total. The van der Waals surface area contributed by atoms with Gasteiger partial charge in [0.05, 0.1) is 11.4 Å². The maximum absolute atomic E-state index is 12.7. The number of rotatable bonds is 6. The molecule has 1 aromatic heterocycles. The summed E-state index contributed by atoms with van der Waals surface area (Å²) in [5, 5.41) is 25.3. The molecule has 0 unspecified atom stereocenters. The summed E-state index contributed by atoms with van der Waals surface area (Å²) in [4.78, 5) is 5.54. The number of aromatic nitrogens is 1. The zero-order chi connectivity index (χ0) is 42.2. The maximum atomic E-state index is 12.7. The number of hydrogen-bond acceptors (Lipinski definition) is 3. The number of aryl methyl sites for hydroxylation is 1. The van der Waals surface area contributed by atoms with Crippen LogP contribution in [0.2, 0.25) is 0 Å². The van der Waals surface area contributed by atoms with Crippen LogP contribution in [0.25, 0.3) is 44.8 Å². The van der Waals surface area contributed by atoms with Crippen molar-refractivity contribution in [2.75, 3.05) is 0 Å². The summed E-state index contributed by atoms with van der Waals surface area (Å²) in [5.74, 6) is 5.70. The van der Waals surface area contributed by atoms with Crippen LogP contribution in [0.5, 0.6) is 11.5 Å². The molecular formula is C60H73NO2Zr-2. The van der Waals surface area contributed by atoms with Gasteiger partial charge in [0.15, 0.2) is 0 Å². The van der Waals surface area contributed by atoms with Gasteiger partial charge in [-0.15, -0.1) is 0 Å². The Morgan fingerprint density at radius 2 is 0.750 bits per heavy atom. The predicted molar refractivity (Wildman–Crippen MR) is 264 cm³/mol. The van der Waals surface area contributed by atoms with Crippen molar-refractivity contribution in [2.45, 2.75) is 147 Å². The molecule has 0 atom stereocenters. The van der Waals surface area contributed by atoms with Gasteiger partial charge in [0.2, 0.25) is 0 Å². The van der Waals surface area contributed by atoms with E-state index in [2.05, 4.69) is 133 Å². The van der Waals surface area contributed by atoms with E-state index in [0.29, 0.717) is 11.5 Å². The van der Waals surface area contributed by atoms with Crippen molar-refractivity contribution in [3.05, 3.63) is 128 Å². The molecule has 8 fully saturated rings. The van der Waals surface area contributed by atoms with Gasteiger partial charge in [-0.3, -0.25) is 0 Å². The van der Waals surface area contributed by atoms with Crippen LogP contribution in [0.15, 0.2) is 84.9 Å². The molecule has 8 aliphatic carbocycles. The van der Waals surface area contributed by atoms with Crippen LogP contribution < -0.4 is 0 Å². The average Bonchev–Trinajstić information content (AvgIpc) is 3.19. The molecule has 0 spiro atoms. The molecule has 5 aromatic rings. The van der Waals surface area contributed by atoms with E-state index in [-0.39, 0.29) is 62.7 Å². The molecule has 4 aromatic carbocycles. The molecule has 3 nitrogen and oxygen atoms in total. The minimum absolute atomic E-state index is 0. The second kappa shape index (κ2) is 16.7. The molecule has 1 heterocycles. The van der Waals surface area contributed by atoms with Gasteiger partial charge >= 0.3 is 0 Å². The Labute approximate surface area is 405 Å². The zero-order valence-corrected chi connectivity index (χ0v) is 42.8. The number of phenolic OH excluding ortho intramolecular Hbond substituents is 2. The quantitative estimate of drug-likeness (QED) is 0.167. The number of hydrogen-bond donors (Lipinski definition) is 2. The molecular weight excluding hydrogens is 858 g/mol. The largest absolute Gasteiger partial charge is 0.507 e. The van der Waals surface area contributed by atoms with E-state index in [0.717, 1.165) is 85.8 Å². The van der Waals surface area contributed by atoms with Gasteiger partial charge in [0.25, 0.3) is 0 Å².